The van der Waals surface area contributed by atoms with E-state index in [-0.39, 0.29) is 18.2 Å². The van der Waals surface area contributed by atoms with Gasteiger partial charge in [0.1, 0.15) is 0 Å². The van der Waals surface area contributed by atoms with Gasteiger partial charge in [-0.25, -0.2) is 0 Å². The maximum atomic E-state index is 11.7. The minimum atomic E-state index is -1.02. The molecule has 1 amide bonds. The zero-order valence-electron chi connectivity index (χ0n) is 12.7. The number of aliphatic carboxylic acids is 1. The van der Waals surface area contributed by atoms with Crippen LogP contribution in [0.4, 0.5) is 0 Å². The Balaban J connectivity index is 4.06. The summed E-state index contributed by atoms with van der Waals surface area (Å²) in [5, 5.41) is 11.9. The van der Waals surface area contributed by atoms with Gasteiger partial charge in [0.25, 0.3) is 0 Å². The van der Waals surface area contributed by atoms with E-state index in [2.05, 4.69) is 19.2 Å². The summed E-state index contributed by atoms with van der Waals surface area (Å²) in [7, 11) is 0. The van der Waals surface area contributed by atoms with Crippen molar-refractivity contribution in [3.63, 3.8) is 0 Å². The van der Waals surface area contributed by atoms with Crippen molar-refractivity contribution in [2.75, 3.05) is 19.8 Å². The molecule has 1 atom stereocenters. The molecular formula is C14H27NO4. The fourth-order valence-electron chi connectivity index (χ4n) is 1.50. The number of carbonyl (C=O) groups excluding carboxylic acids is 1. The van der Waals surface area contributed by atoms with Gasteiger partial charge in [0.05, 0.1) is 12.0 Å². The van der Waals surface area contributed by atoms with Crippen molar-refractivity contribution in [2.45, 2.75) is 41.0 Å². The summed E-state index contributed by atoms with van der Waals surface area (Å²) >= 11 is 0. The Morgan fingerprint density at radius 1 is 1.26 bits per heavy atom. The summed E-state index contributed by atoms with van der Waals surface area (Å²) in [6.45, 7) is 10.9. The second-order valence-corrected chi connectivity index (χ2v) is 5.87. The maximum Gasteiger partial charge on any atom is 0.310 e. The number of hydrogen-bond donors (Lipinski definition) is 2. The number of carboxylic acid groups (broad SMARTS) is 1. The van der Waals surface area contributed by atoms with E-state index in [0.29, 0.717) is 25.7 Å². The van der Waals surface area contributed by atoms with E-state index in [9.17, 15) is 14.7 Å². The van der Waals surface area contributed by atoms with Crippen LogP contribution in [0.15, 0.2) is 0 Å². The van der Waals surface area contributed by atoms with Gasteiger partial charge in [-0.15, -0.1) is 0 Å². The van der Waals surface area contributed by atoms with Crippen molar-refractivity contribution in [2.24, 2.45) is 17.3 Å². The van der Waals surface area contributed by atoms with Crippen LogP contribution in [0.1, 0.15) is 41.0 Å². The third kappa shape index (κ3) is 6.57. The third-order valence-corrected chi connectivity index (χ3v) is 3.31. The lowest BCUT2D eigenvalue weighted by molar-refractivity contribution is -0.153. The molecule has 2 N–H and O–H groups in total. The van der Waals surface area contributed by atoms with Crippen LogP contribution in [0.25, 0.3) is 0 Å². The van der Waals surface area contributed by atoms with E-state index in [0.717, 1.165) is 0 Å². The van der Waals surface area contributed by atoms with Crippen molar-refractivity contribution in [3.05, 3.63) is 0 Å². The number of carbonyl (C=O) groups is 2. The fraction of sp³-hybridized carbons (Fsp3) is 0.857. The molecule has 0 bridgehead atoms. The zero-order chi connectivity index (χ0) is 15.1. The molecule has 0 fully saturated rings. The summed E-state index contributed by atoms with van der Waals surface area (Å²) in [4.78, 5) is 23.0. The average molecular weight is 273 g/mol. The molecule has 0 aromatic rings. The minimum absolute atomic E-state index is 0.00974. The fourth-order valence-corrected chi connectivity index (χ4v) is 1.50. The van der Waals surface area contributed by atoms with Crippen molar-refractivity contribution in [1.82, 2.24) is 5.32 Å². The first-order valence-corrected chi connectivity index (χ1v) is 6.78. The van der Waals surface area contributed by atoms with E-state index < -0.39 is 11.4 Å². The van der Waals surface area contributed by atoms with Gasteiger partial charge in [0, 0.05) is 19.6 Å². The van der Waals surface area contributed by atoms with Gasteiger partial charge >= 0.3 is 5.97 Å². The first-order valence-electron chi connectivity index (χ1n) is 6.78. The van der Waals surface area contributed by atoms with Crippen LogP contribution in [0.2, 0.25) is 0 Å². The Bertz CT molecular complexity index is 302. The van der Waals surface area contributed by atoms with Crippen LogP contribution >= 0.6 is 0 Å². The highest BCUT2D eigenvalue weighted by Gasteiger charge is 2.38. The van der Waals surface area contributed by atoms with Crippen molar-refractivity contribution >= 4 is 11.9 Å². The third-order valence-electron chi connectivity index (χ3n) is 3.31. The molecule has 0 aromatic heterocycles. The van der Waals surface area contributed by atoms with Gasteiger partial charge in [-0.05, 0) is 18.8 Å². The number of ether oxygens (including phenoxy) is 1. The Labute approximate surface area is 115 Å². The van der Waals surface area contributed by atoms with Gasteiger partial charge in [-0.2, -0.15) is 0 Å². The van der Waals surface area contributed by atoms with Crippen LogP contribution in [0.5, 0.6) is 0 Å². The Hall–Kier alpha value is -1.10. The standard InChI is InChI=1S/C14H27NO4/c1-10(2)9-19-7-6-15-12(16)8-14(5,11(3)4)13(17)18/h10-11H,6-9H2,1-5H3,(H,15,16)(H,17,18). The predicted octanol–water partition coefficient (Wildman–Crippen LogP) is 1.91. The van der Waals surface area contributed by atoms with Gasteiger partial charge in [-0.1, -0.05) is 27.7 Å². The second-order valence-electron chi connectivity index (χ2n) is 5.87. The molecule has 19 heavy (non-hydrogen) atoms. The van der Waals surface area contributed by atoms with Gasteiger partial charge < -0.3 is 15.2 Å². The highest BCUT2D eigenvalue weighted by atomic mass is 16.5. The quantitative estimate of drug-likeness (QED) is 0.629. The molecule has 0 aliphatic carbocycles. The van der Waals surface area contributed by atoms with Crippen LogP contribution in [-0.4, -0.2) is 36.7 Å². The number of amides is 1. The first kappa shape index (κ1) is 17.9. The molecule has 112 valence electrons. The molecule has 0 saturated carbocycles. The van der Waals surface area contributed by atoms with E-state index in [1.807, 2.05) is 13.8 Å². The summed E-state index contributed by atoms with van der Waals surface area (Å²) in [6, 6.07) is 0. The second kappa shape index (κ2) is 8.15. The Kier molecular flexibility index (Phi) is 7.68. The van der Waals surface area contributed by atoms with Crippen molar-refractivity contribution in [1.29, 1.82) is 0 Å². The lowest BCUT2D eigenvalue weighted by Gasteiger charge is -2.28. The molecule has 0 spiro atoms. The molecule has 0 aliphatic rings. The number of nitrogens with one attached hydrogen (secondary N) is 1. The van der Waals surface area contributed by atoms with Gasteiger partial charge in [0.2, 0.25) is 5.91 Å². The van der Waals surface area contributed by atoms with E-state index in [4.69, 9.17) is 4.74 Å². The molecule has 0 radical (unpaired) electrons. The van der Waals surface area contributed by atoms with Crippen molar-refractivity contribution < 1.29 is 19.4 Å². The molecular weight excluding hydrogens is 246 g/mol. The highest BCUT2D eigenvalue weighted by molar-refractivity contribution is 5.84. The predicted molar refractivity (Wildman–Crippen MR) is 73.9 cm³/mol. The zero-order valence-corrected chi connectivity index (χ0v) is 12.7. The number of carboxylic acids is 1. The Morgan fingerprint density at radius 3 is 2.26 bits per heavy atom. The number of hydrogen-bond acceptors (Lipinski definition) is 3. The highest BCUT2D eigenvalue weighted by Crippen LogP contribution is 2.31. The molecule has 0 aromatic carbocycles. The molecule has 0 rings (SSSR count). The molecule has 0 saturated heterocycles. The maximum absolute atomic E-state index is 11.7. The molecule has 5 nitrogen and oxygen atoms in total. The summed E-state index contributed by atoms with van der Waals surface area (Å²) in [5.74, 6) is -0.819. The van der Waals surface area contributed by atoms with Gasteiger partial charge in [-0.3, -0.25) is 9.59 Å². The lowest BCUT2D eigenvalue weighted by atomic mass is 9.76. The summed E-state index contributed by atoms with van der Waals surface area (Å²) < 4.78 is 5.34. The van der Waals surface area contributed by atoms with Crippen LogP contribution in [0.3, 0.4) is 0 Å². The Morgan fingerprint density at radius 2 is 1.84 bits per heavy atom. The van der Waals surface area contributed by atoms with E-state index in [1.54, 1.807) is 6.92 Å². The smallest absolute Gasteiger partial charge is 0.310 e. The minimum Gasteiger partial charge on any atom is -0.481 e. The number of rotatable bonds is 9. The van der Waals surface area contributed by atoms with Gasteiger partial charge in [0.15, 0.2) is 0 Å². The monoisotopic (exact) mass is 273 g/mol. The summed E-state index contributed by atoms with van der Waals surface area (Å²) in [5.41, 5.74) is -1.02. The first-order chi connectivity index (χ1) is 8.70. The largest absolute Gasteiger partial charge is 0.481 e. The SMILES string of the molecule is CC(C)COCCNC(=O)CC(C)(C(=O)O)C(C)C. The average Bonchev–Trinajstić information content (AvgIpc) is 2.27. The normalized spacial score (nSPS) is 14.5. The molecule has 0 heterocycles. The van der Waals surface area contributed by atoms with E-state index >= 15 is 0 Å². The molecule has 5 heteroatoms. The molecule has 0 aliphatic heterocycles. The van der Waals surface area contributed by atoms with Crippen LogP contribution in [-0.2, 0) is 14.3 Å². The summed E-state index contributed by atoms with van der Waals surface area (Å²) in [6.07, 6.45) is -0.00974. The van der Waals surface area contributed by atoms with E-state index in [1.165, 1.54) is 0 Å². The lowest BCUT2D eigenvalue weighted by Crippen LogP contribution is -2.39. The molecule has 1 unspecified atom stereocenters. The van der Waals surface area contributed by atoms with Crippen molar-refractivity contribution in [3.8, 4) is 0 Å². The van der Waals surface area contributed by atoms with Crippen LogP contribution < -0.4 is 5.32 Å². The van der Waals surface area contributed by atoms with Crippen LogP contribution in [0, 0.1) is 17.3 Å². The topological polar surface area (TPSA) is 75.6 Å².